The number of rotatable bonds is 4. The Bertz CT molecular complexity index is 595. The molecule has 4 atom stereocenters. The van der Waals surface area contributed by atoms with Crippen LogP contribution in [0.4, 0.5) is 0 Å². The van der Waals surface area contributed by atoms with Crippen molar-refractivity contribution in [1.82, 2.24) is 0 Å². The molecule has 0 spiro atoms. The molecule has 23 heavy (non-hydrogen) atoms. The van der Waals surface area contributed by atoms with Crippen LogP contribution in [0.1, 0.15) is 66.7 Å². The summed E-state index contributed by atoms with van der Waals surface area (Å²) in [5, 5.41) is 11.7. The average Bonchev–Trinajstić information content (AvgIpc) is 2.75. The number of fused-ring (bicyclic) bond motifs is 1. The first-order valence-corrected chi connectivity index (χ1v) is 10.3. The largest absolute Gasteiger partial charge is 0.393 e. The van der Waals surface area contributed by atoms with Gasteiger partial charge in [0.05, 0.1) is 10.9 Å². The van der Waals surface area contributed by atoms with E-state index in [1.807, 2.05) is 6.08 Å². The van der Waals surface area contributed by atoms with Gasteiger partial charge in [-0.1, -0.05) is 31.6 Å². The molecule has 0 aromatic rings. The molecule has 1 N–H and O–H groups in total. The molecule has 0 saturated heterocycles. The van der Waals surface area contributed by atoms with Gasteiger partial charge in [-0.2, -0.15) is 0 Å². The van der Waals surface area contributed by atoms with E-state index in [-0.39, 0.29) is 11.5 Å². The molecule has 132 valence electrons. The molecule has 0 aliphatic heterocycles. The van der Waals surface area contributed by atoms with Crippen LogP contribution in [0.2, 0.25) is 0 Å². The maximum atomic E-state index is 12.2. The lowest BCUT2D eigenvalue weighted by Crippen LogP contribution is -2.39. The van der Waals surface area contributed by atoms with Crippen LogP contribution < -0.4 is 0 Å². The van der Waals surface area contributed by atoms with E-state index in [1.54, 1.807) is 20.8 Å². The highest BCUT2D eigenvalue weighted by Gasteiger charge is 2.47. The minimum Gasteiger partial charge on any atom is -0.393 e. The summed E-state index contributed by atoms with van der Waals surface area (Å²) in [6.07, 6.45) is 8.74. The van der Waals surface area contributed by atoms with E-state index in [4.69, 9.17) is 0 Å². The molecule has 0 amide bonds. The minimum atomic E-state index is -3.20. The van der Waals surface area contributed by atoms with Gasteiger partial charge in [0.25, 0.3) is 0 Å². The highest BCUT2D eigenvalue weighted by molar-refractivity contribution is 7.95. The van der Waals surface area contributed by atoms with Crippen molar-refractivity contribution in [3.63, 3.8) is 0 Å². The van der Waals surface area contributed by atoms with Gasteiger partial charge < -0.3 is 5.11 Å². The number of allylic oxidation sites excluding steroid dienone is 3. The van der Waals surface area contributed by atoms with Crippen LogP contribution in [0, 0.1) is 17.3 Å². The van der Waals surface area contributed by atoms with Gasteiger partial charge in [-0.15, -0.1) is 0 Å². The number of aliphatic hydroxyl groups excluding tert-OH is 1. The van der Waals surface area contributed by atoms with Gasteiger partial charge in [0.2, 0.25) is 0 Å². The maximum absolute atomic E-state index is 12.2. The van der Waals surface area contributed by atoms with Gasteiger partial charge in [-0.3, -0.25) is 0 Å². The standard InChI is InChI=1S/C19H32O3S/c1-14(8-7-13-23(21,22)18(2,3)4)15-10-11-16-17(20)9-6-12-19(15,16)5/h7,10,13-14,16-17,20H,6,8-9,11-12H2,1-5H3/b13-7+/t14-,16+,17+,19-/m1/s1. The first-order valence-electron chi connectivity index (χ1n) is 8.79. The SMILES string of the molecule is C[C@H](C/C=C/S(=O)(=O)C(C)(C)C)C1=CC[C@H]2[C@@H](O)CCC[C@]12C. The number of hydrogen-bond donors (Lipinski definition) is 1. The average molecular weight is 341 g/mol. The van der Waals surface area contributed by atoms with Crippen molar-refractivity contribution in [2.75, 3.05) is 0 Å². The van der Waals surface area contributed by atoms with Crippen molar-refractivity contribution in [2.45, 2.75) is 77.6 Å². The van der Waals surface area contributed by atoms with E-state index < -0.39 is 14.6 Å². The molecule has 0 radical (unpaired) electrons. The lowest BCUT2D eigenvalue weighted by molar-refractivity contribution is 0.00805. The zero-order valence-corrected chi connectivity index (χ0v) is 16.0. The van der Waals surface area contributed by atoms with Crippen LogP contribution in [0.25, 0.3) is 0 Å². The second-order valence-electron chi connectivity index (χ2n) is 8.54. The molecule has 2 aliphatic carbocycles. The Morgan fingerprint density at radius 3 is 2.70 bits per heavy atom. The molecule has 0 unspecified atom stereocenters. The topological polar surface area (TPSA) is 54.4 Å². The highest BCUT2D eigenvalue weighted by atomic mass is 32.2. The van der Waals surface area contributed by atoms with E-state index in [9.17, 15) is 13.5 Å². The Hall–Kier alpha value is -0.610. The van der Waals surface area contributed by atoms with E-state index >= 15 is 0 Å². The lowest BCUT2D eigenvalue weighted by atomic mass is 9.63. The van der Waals surface area contributed by atoms with Crippen LogP contribution in [0.15, 0.2) is 23.1 Å². The van der Waals surface area contributed by atoms with E-state index in [1.165, 1.54) is 11.0 Å². The number of hydrogen-bond acceptors (Lipinski definition) is 3. The molecule has 0 aromatic carbocycles. The minimum absolute atomic E-state index is 0.0911. The molecule has 4 heteroatoms. The summed E-state index contributed by atoms with van der Waals surface area (Å²) in [4.78, 5) is 0. The first kappa shape index (κ1) is 18.7. The van der Waals surface area contributed by atoms with Crippen LogP contribution in [0.5, 0.6) is 0 Å². The zero-order chi connectivity index (χ0) is 17.5. The molecule has 0 aromatic heterocycles. The van der Waals surface area contributed by atoms with Crippen LogP contribution in [-0.4, -0.2) is 24.4 Å². The van der Waals surface area contributed by atoms with Gasteiger partial charge >= 0.3 is 0 Å². The molecule has 2 aliphatic rings. The van der Waals surface area contributed by atoms with Crippen LogP contribution >= 0.6 is 0 Å². The summed E-state index contributed by atoms with van der Waals surface area (Å²) in [5.74, 6) is 0.665. The fourth-order valence-electron chi connectivity index (χ4n) is 4.23. The van der Waals surface area contributed by atoms with E-state index in [0.717, 1.165) is 32.1 Å². The molecule has 1 saturated carbocycles. The summed E-state index contributed by atoms with van der Waals surface area (Å²) in [5.41, 5.74) is 1.51. The van der Waals surface area contributed by atoms with Gasteiger partial charge in [-0.05, 0) is 70.1 Å². The fraction of sp³-hybridized carbons (Fsp3) is 0.789. The molecule has 3 nitrogen and oxygen atoms in total. The predicted molar refractivity (Wildman–Crippen MR) is 95.7 cm³/mol. The fourth-order valence-corrected chi connectivity index (χ4v) is 5.01. The summed E-state index contributed by atoms with van der Waals surface area (Å²) in [6.45, 7) is 9.64. The van der Waals surface area contributed by atoms with E-state index in [0.29, 0.717) is 11.8 Å². The van der Waals surface area contributed by atoms with Crippen molar-refractivity contribution < 1.29 is 13.5 Å². The van der Waals surface area contributed by atoms with Crippen molar-refractivity contribution in [3.8, 4) is 0 Å². The van der Waals surface area contributed by atoms with Crippen LogP contribution in [-0.2, 0) is 9.84 Å². The van der Waals surface area contributed by atoms with Crippen LogP contribution in [0.3, 0.4) is 0 Å². The Balaban J connectivity index is 2.06. The summed E-state index contributed by atoms with van der Waals surface area (Å²) in [7, 11) is -3.20. The van der Waals surface area contributed by atoms with Crippen molar-refractivity contribution in [2.24, 2.45) is 17.3 Å². The Kier molecular flexibility index (Phi) is 5.18. The number of sulfone groups is 1. The number of aliphatic hydroxyl groups is 1. The van der Waals surface area contributed by atoms with Crippen molar-refractivity contribution in [1.29, 1.82) is 0 Å². The van der Waals surface area contributed by atoms with E-state index in [2.05, 4.69) is 19.9 Å². The van der Waals surface area contributed by atoms with Crippen molar-refractivity contribution >= 4 is 9.84 Å². The smallest absolute Gasteiger partial charge is 0.176 e. The normalized spacial score (nSPS) is 33.6. The van der Waals surface area contributed by atoms with Gasteiger partial charge in [0.15, 0.2) is 9.84 Å². The maximum Gasteiger partial charge on any atom is 0.176 e. The molecule has 0 bridgehead atoms. The predicted octanol–water partition coefficient (Wildman–Crippen LogP) is 4.24. The quantitative estimate of drug-likeness (QED) is 0.779. The summed E-state index contributed by atoms with van der Waals surface area (Å²) >= 11 is 0. The summed E-state index contributed by atoms with van der Waals surface area (Å²) < 4.78 is 23.6. The van der Waals surface area contributed by atoms with Gasteiger partial charge in [0, 0.05) is 5.41 Å². The molecular weight excluding hydrogens is 308 g/mol. The highest BCUT2D eigenvalue weighted by Crippen LogP contribution is 2.55. The Morgan fingerprint density at radius 2 is 2.09 bits per heavy atom. The third kappa shape index (κ3) is 3.58. The molecule has 1 fully saturated rings. The lowest BCUT2D eigenvalue weighted by Gasteiger charge is -2.43. The molecule has 0 heterocycles. The molecular formula is C19H32O3S. The summed E-state index contributed by atoms with van der Waals surface area (Å²) in [6, 6.07) is 0. The molecule has 2 rings (SSSR count). The second kappa shape index (κ2) is 6.36. The monoisotopic (exact) mass is 340 g/mol. The first-order chi connectivity index (χ1) is 10.5. The van der Waals surface area contributed by atoms with Gasteiger partial charge in [-0.25, -0.2) is 8.42 Å². The third-order valence-electron chi connectivity index (χ3n) is 5.88. The Morgan fingerprint density at radius 1 is 1.43 bits per heavy atom. The Labute approximate surface area is 141 Å². The zero-order valence-electron chi connectivity index (χ0n) is 15.2. The third-order valence-corrected chi connectivity index (χ3v) is 8.14. The second-order valence-corrected chi connectivity index (χ2v) is 11.1. The van der Waals surface area contributed by atoms with Crippen molar-refractivity contribution in [3.05, 3.63) is 23.1 Å². The van der Waals surface area contributed by atoms with Gasteiger partial charge in [0.1, 0.15) is 0 Å².